The maximum atomic E-state index is 12.9. The van der Waals surface area contributed by atoms with Crippen LogP contribution in [-0.2, 0) is 42.2 Å². The summed E-state index contributed by atoms with van der Waals surface area (Å²) in [7, 11) is -4.76. The van der Waals surface area contributed by atoms with Crippen LogP contribution in [0.15, 0.2) is 72.9 Å². The number of aliphatic hydroxyl groups excluding tert-OH is 1. The SMILES string of the molecule is CC/C=C\C/C=C\C/C=C\C/C=C\CCCCCCC(=O)OC(COC(=O)CCCCCCC/C=C\CCCCCCCC)COP(=O)(O)OCC(CO)OC(=O)CCCCCCC/C=C\CCCCCCCC. The Hall–Kier alpha value is -3.08. The fraction of sp³-hybridized carbons (Fsp3) is 0.758. The van der Waals surface area contributed by atoms with Crippen molar-refractivity contribution in [3.63, 3.8) is 0 Å². The molecule has 3 atom stereocenters. The number of hydrogen-bond donors (Lipinski definition) is 2. The smallest absolute Gasteiger partial charge is 0.462 e. The van der Waals surface area contributed by atoms with Crippen LogP contribution in [0.5, 0.6) is 0 Å². The molecule has 12 heteroatoms. The molecule has 0 fully saturated rings. The first-order valence-corrected chi connectivity index (χ1v) is 31.3. The van der Waals surface area contributed by atoms with E-state index < -0.39 is 57.8 Å². The number of aliphatic hydroxyl groups is 1. The van der Waals surface area contributed by atoms with Gasteiger partial charge in [0, 0.05) is 19.3 Å². The Morgan fingerprint density at radius 1 is 0.392 bits per heavy atom. The second kappa shape index (κ2) is 56.1. The van der Waals surface area contributed by atoms with Crippen LogP contribution >= 0.6 is 7.82 Å². The number of phosphoric ester groups is 1. The van der Waals surface area contributed by atoms with Crippen LogP contribution < -0.4 is 0 Å². The van der Waals surface area contributed by atoms with Crippen LogP contribution in [-0.4, -0.2) is 66.5 Å². The predicted molar refractivity (Wildman–Crippen MR) is 307 cm³/mol. The zero-order valence-corrected chi connectivity index (χ0v) is 48.2. The summed E-state index contributed by atoms with van der Waals surface area (Å²) in [5.41, 5.74) is 0. The van der Waals surface area contributed by atoms with E-state index in [1.165, 1.54) is 77.0 Å². The van der Waals surface area contributed by atoms with Gasteiger partial charge in [0.05, 0.1) is 19.8 Å². The highest BCUT2D eigenvalue weighted by molar-refractivity contribution is 7.47. The van der Waals surface area contributed by atoms with Crippen molar-refractivity contribution in [2.24, 2.45) is 0 Å². The monoisotopic (exact) mass is 1060 g/mol. The van der Waals surface area contributed by atoms with E-state index in [0.717, 1.165) is 128 Å². The fourth-order valence-corrected chi connectivity index (χ4v) is 8.83. The molecule has 0 radical (unpaired) electrons. The van der Waals surface area contributed by atoms with E-state index in [2.05, 4.69) is 93.7 Å². The van der Waals surface area contributed by atoms with E-state index >= 15 is 0 Å². The second-order valence-corrected chi connectivity index (χ2v) is 21.2. The largest absolute Gasteiger partial charge is 0.472 e. The molecule has 0 saturated carbocycles. The molecule has 0 saturated heterocycles. The molecular weight excluding hydrogens is 952 g/mol. The van der Waals surface area contributed by atoms with E-state index in [-0.39, 0.29) is 25.9 Å². The van der Waals surface area contributed by atoms with Crippen molar-refractivity contribution in [2.45, 2.75) is 277 Å². The Morgan fingerprint density at radius 2 is 0.703 bits per heavy atom. The number of rotatable bonds is 55. The number of esters is 3. The van der Waals surface area contributed by atoms with E-state index in [4.69, 9.17) is 23.3 Å². The fourth-order valence-electron chi connectivity index (χ4n) is 8.04. The maximum Gasteiger partial charge on any atom is 0.472 e. The van der Waals surface area contributed by atoms with E-state index in [1.54, 1.807) is 0 Å². The third-order valence-corrected chi connectivity index (χ3v) is 13.5. The molecule has 0 spiro atoms. The minimum Gasteiger partial charge on any atom is -0.462 e. The molecule has 0 aliphatic heterocycles. The first-order valence-electron chi connectivity index (χ1n) is 29.8. The van der Waals surface area contributed by atoms with Gasteiger partial charge in [-0.15, -0.1) is 0 Å². The van der Waals surface area contributed by atoms with Crippen LogP contribution in [0.4, 0.5) is 0 Å². The van der Waals surface area contributed by atoms with Crippen molar-refractivity contribution in [3.8, 4) is 0 Å². The van der Waals surface area contributed by atoms with Crippen molar-refractivity contribution >= 4 is 25.7 Å². The molecule has 0 bridgehead atoms. The lowest BCUT2D eigenvalue weighted by molar-refractivity contribution is -0.161. The van der Waals surface area contributed by atoms with Gasteiger partial charge in [-0.3, -0.25) is 23.4 Å². The quantitative estimate of drug-likeness (QED) is 0.0197. The zero-order chi connectivity index (χ0) is 54.1. The summed E-state index contributed by atoms with van der Waals surface area (Å²) in [5, 5.41) is 9.82. The van der Waals surface area contributed by atoms with E-state index in [1.807, 2.05) is 0 Å². The average molecular weight is 1060 g/mol. The van der Waals surface area contributed by atoms with Gasteiger partial charge in [0.15, 0.2) is 6.10 Å². The molecule has 428 valence electrons. The number of ether oxygens (including phenoxy) is 3. The molecule has 74 heavy (non-hydrogen) atoms. The van der Waals surface area contributed by atoms with Crippen molar-refractivity contribution in [2.75, 3.05) is 26.4 Å². The van der Waals surface area contributed by atoms with Gasteiger partial charge in [-0.05, 0) is 109 Å². The summed E-state index contributed by atoms with van der Waals surface area (Å²) < 4.78 is 39.5. The highest BCUT2D eigenvalue weighted by Gasteiger charge is 2.28. The van der Waals surface area contributed by atoms with Crippen LogP contribution in [0.1, 0.15) is 265 Å². The number of unbranched alkanes of at least 4 members (excludes halogenated alkanes) is 26. The minimum atomic E-state index is -4.76. The third kappa shape index (κ3) is 53.7. The summed E-state index contributed by atoms with van der Waals surface area (Å²) in [4.78, 5) is 48.6. The van der Waals surface area contributed by atoms with Gasteiger partial charge in [-0.1, -0.05) is 209 Å². The van der Waals surface area contributed by atoms with Gasteiger partial charge < -0.3 is 24.2 Å². The van der Waals surface area contributed by atoms with E-state index in [9.17, 15) is 28.9 Å². The molecule has 3 unspecified atom stereocenters. The molecule has 0 rings (SSSR count). The van der Waals surface area contributed by atoms with Gasteiger partial charge in [0.1, 0.15) is 12.7 Å². The standard InChI is InChI=1S/C62H109O11P/c1-4-7-10-13-16-19-22-25-28-29-32-35-38-41-44-47-50-53-62(66)73-59(55-69-60(64)51-48-45-42-39-36-33-30-26-23-20-17-14-11-8-5-2)57-71-74(67,68)70-56-58(54-63)72-61(65)52-49-46-43-40-37-34-31-27-24-21-18-15-12-9-6-3/h7,10,16,19,25-28,30-32,35,58-59,63H,4-6,8-9,11-15,17-18,20-24,29,33-34,36-57H2,1-3H3,(H,67,68)/b10-7-,19-16-,28-25-,30-26-,31-27-,35-32-. The van der Waals surface area contributed by atoms with E-state index in [0.29, 0.717) is 19.3 Å². The molecule has 0 aliphatic rings. The minimum absolute atomic E-state index is 0.136. The normalized spacial score (nSPS) is 13.9. The van der Waals surface area contributed by atoms with Gasteiger partial charge in [0.25, 0.3) is 0 Å². The maximum absolute atomic E-state index is 12.9. The molecule has 0 aromatic carbocycles. The summed E-state index contributed by atoms with van der Waals surface area (Å²) in [5.74, 6) is -1.51. The lowest BCUT2D eigenvalue weighted by Gasteiger charge is -2.21. The Kier molecular flexibility index (Phi) is 53.8. The Morgan fingerprint density at radius 3 is 1.09 bits per heavy atom. The number of carbonyl (C=O) groups excluding carboxylic acids is 3. The molecule has 2 N–H and O–H groups in total. The highest BCUT2D eigenvalue weighted by Crippen LogP contribution is 2.43. The molecule has 0 aliphatic carbocycles. The summed E-state index contributed by atoms with van der Waals surface area (Å²) in [6, 6.07) is 0. The van der Waals surface area contributed by atoms with Crippen molar-refractivity contribution < 1.29 is 52.2 Å². The topological polar surface area (TPSA) is 155 Å². The second-order valence-electron chi connectivity index (χ2n) is 19.8. The molecule has 0 amide bonds. The Balaban J connectivity index is 4.77. The predicted octanol–water partition coefficient (Wildman–Crippen LogP) is 17.7. The molecular formula is C62H109O11P. The lowest BCUT2D eigenvalue weighted by Crippen LogP contribution is -2.30. The first-order chi connectivity index (χ1) is 36.2. The highest BCUT2D eigenvalue weighted by atomic mass is 31.2. The van der Waals surface area contributed by atoms with Crippen LogP contribution in [0.25, 0.3) is 0 Å². The molecule has 0 aromatic heterocycles. The number of hydrogen-bond acceptors (Lipinski definition) is 10. The number of carbonyl (C=O) groups is 3. The van der Waals surface area contributed by atoms with Crippen molar-refractivity contribution in [1.82, 2.24) is 0 Å². The summed E-state index contributed by atoms with van der Waals surface area (Å²) >= 11 is 0. The third-order valence-electron chi connectivity index (χ3n) is 12.6. The van der Waals surface area contributed by atoms with Crippen LogP contribution in [0, 0.1) is 0 Å². The average Bonchev–Trinajstić information content (AvgIpc) is 3.39. The number of phosphoric acid groups is 1. The van der Waals surface area contributed by atoms with Crippen molar-refractivity contribution in [1.29, 1.82) is 0 Å². The zero-order valence-electron chi connectivity index (χ0n) is 47.3. The van der Waals surface area contributed by atoms with Crippen molar-refractivity contribution in [3.05, 3.63) is 72.9 Å². The lowest BCUT2D eigenvalue weighted by atomic mass is 10.1. The molecule has 11 nitrogen and oxygen atoms in total. The van der Waals surface area contributed by atoms with Gasteiger partial charge in [-0.2, -0.15) is 0 Å². The summed E-state index contributed by atoms with van der Waals surface area (Å²) in [6.07, 6.45) is 62.8. The molecule has 0 aromatic rings. The van der Waals surface area contributed by atoms with Crippen LogP contribution in [0.3, 0.4) is 0 Å². The molecule has 0 heterocycles. The number of allylic oxidation sites excluding steroid dienone is 12. The van der Waals surface area contributed by atoms with Crippen LogP contribution in [0.2, 0.25) is 0 Å². The summed E-state index contributed by atoms with van der Waals surface area (Å²) in [6.45, 7) is 4.49. The Bertz CT molecular complexity index is 1520. The first kappa shape index (κ1) is 70.9. The van der Waals surface area contributed by atoms with Gasteiger partial charge >= 0.3 is 25.7 Å². The van der Waals surface area contributed by atoms with Gasteiger partial charge in [0.2, 0.25) is 0 Å². The Labute approximate surface area is 452 Å². The van der Waals surface area contributed by atoms with Gasteiger partial charge in [-0.25, -0.2) is 4.57 Å².